The van der Waals surface area contributed by atoms with Crippen molar-refractivity contribution in [2.75, 3.05) is 13.1 Å². The van der Waals surface area contributed by atoms with Crippen LogP contribution in [0.2, 0.25) is 5.02 Å². The van der Waals surface area contributed by atoms with Crippen LogP contribution in [0.25, 0.3) is 0 Å². The number of nitrogens with one attached hydrogen (secondary N) is 1. The average Bonchev–Trinajstić information content (AvgIpc) is 2.28. The molecule has 1 unspecified atom stereocenters. The Bertz CT molecular complexity index is 290. The van der Waals surface area contributed by atoms with Crippen LogP contribution in [0.5, 0.6) is 0 Å². The number of rotatable bonds is 7. The maximum absolute atomic E-state index is 5.78. The van der Waals surface area contributed by atoms with Gasteiger partial charge in [0.05, 0.1) is 10.0 Å². The molecule has 1 atom stereocenters. The summed E-state index contributed by atoms with van der Waals surface area (Å²) >= 11 is 7.56. The maximum atomic E-state index is 5.78. The van der Waals surface area contributed by atoms with Crippen LogP contribution in [0, 0.1) is 0 Å². The van der Waals surface area contributed by atoms with E-state index < -0.39 is 0 Å². The molecule has 0 aromatic carbocycles. The Morgan fingerprint density at radius 2 is 2.31 bits per heavy atom. The minimum atomic E-state index is 0.533. The van der Waals surface area contributed by atoms with Crippen molar-refractivity contribution in [3.63, 3.8) is 0 Å². The fourth-order valence-corrected chi connectivity index (χ4v) is 2.27. The lowest BCUT2D eigenvalue weighted by molar-refractivity contribution is 0.638. The first-order valence-electron chi connectivity index (χ1n) is 5.71. The molecule has 1 aromatic heterocycles. The first-order valence-corrected chi connectivity index (χ1v) is 6.97. The second-order valence-corrected chi connectivity index (χ2v) is 5.70. The molecule has 2 nitrogen and oxygen atoms in total. The van der Waals surface area contributed by atoms with Crippen LogP contribution in [-0.4, -0.2) is 23.3 Å². The van der Waals surface area contributed by atoms with Crippen molar-refractivity contribution in [1.82, 2.24) is 10.3 Å². The molecule has 90 valence electrons. The summed E-state index contributed by atoms with van der Waals surface area (Å²) in [6, 6.07) is 3.85. The van der Waals surface area contributed by atoms with E-state index in [-0.39, 0.29) is 0 Å². The van der Waals surface area contributed by atoms with E-state index in [0.717, 1.165) is 18.1 Å². The van der Waals surface area contributed by atoms with Crippen LogP contribution in [0.1, 0.15) is 26.7 Å². The lowest BCUT2D eigenvalue weighted by Gasteiger charge is -2.11. The summed E-state index contributed by atoms with van der Waals surface area (Å²) < 4.78 is 0. The molecule has 0 aliphatic rings. The van der Waals surface area contributed by atoms with Gasteiger partial charge in [-0.05, 0) is 25.1 Å². The van der Waals surface area contributed by atoms with Crippen LogP contribution >= 0.6 is 23.4 Å². The Balaban J connectivity index is 2.23. The van der Waals surface area contributed by atoms with Crippen LogP contribution in [0.4, 0.5) is 0 Å². The molecule has 0 radical (unpaired) electrons. The highest BCUT2D eigenvalue weighted by Crippen LogP contribution is 2.21. The molecule has 1 heterocycles. The third-order valence-electron chi connectivity index (χ3n) is 2.16. The molecule has 16 heavy (non-hydrogen) atoms. The second kappa shape index (κ2) is 7.93. The molecule has 1 aromatic rings. The Morgan fingerprint density at radius 3 is 2.94 bits per heavy atom. The molecule has 0 saturated carbocycles. The third-order valence-corrected chi connectivity index (χ3v) is 3.44. The van der Waals surface area contributed by atoms with Crippen molar-refractivity contribution in [3.05, 3.63) is 23.4 Å². The molecule has 1 rings (SSSR count). The summed E-state index contributed by atoms with van der Waals surface area (Å²) in [5.74, 6) is 0. The molecule has 0 bridgehead atoms. The minimum absolute atomic E-state index is 0.533. The Kier molecular flexibility index (Phi) is 6.85. The molecule has 0 saturated heterocycles. The summed E-state index contributed by atoms with van der Waals surface area (Å²) in [6.07, 6.45) is 4.19. The van der Waals surface area contributed by atoms with E-state index in [1.165, 1.54) is 12.8 Å². The van der Waals surface area contributed by atoms with Gasteiger partial charge in [-0.2, -0.15) is 0 Å². The molecule has 4 heteroatoms. The summed E-state index contributed by atoms with van der Waals surface area (Å²) in [5, 5.41) is 5.70. The normalized spacial score (nSPS) is 12.7. The van der Waals surface area contributed by atoms with Crippen molar-refractivity contribution >= 4 is 23.4 Å². The van der Waals surface area contributed by atoms with Gasteiger partial charge in [-0.15, -0.1) is 11.8 Å². The van der Waals surface area contributed by atoms with E-state index >= 15 is 0 Å². The fourth-order valence-electron chi connectivity index (χ4n) is 1.29. The summed E-state index contributed by atoms with van der Waals surface area (Å²) in [6.45, 7) is 6.54. The zero-order valence-electron chi connectivity index (χ0n) is 9.87. The van der Waals surface area contributed by atoms with Crippen LogP contribution < -0.4 is 5.32 Å². The predicted octanol–water partition coefficient (Wildman–Crippen LogP) is 3.61. The highest BCUT2D eigenvalue weighted by molar-refractivity contribution is 7.99. The van der Waals surface area contributed by atoms with Crippen LogP contribution in [0.15, 0.2) is 23.4 Å². The number of thioether (sulfide) groups is 1. The SMILES string of the molecule is CCCCNCC(C)Sc1ccc(Cl)cn1. The molecule has 0 fully saturated rings. The number of hydrogen-bond donors (Lipinski definition) is 1. The van der Waals surface area contributed by atoms with Gasteiger partial charge in [0.2, 0.25) is 0 Å². The second-order valence-electron chi connectivity index (χ2n) is 3.80. The van der Waals surface area contributed by atoms with Crippen molar-refractivity contribution in [1.29, 1.82) is 0 Å². The van der Waals surface area contributed by atoms with E-state index in [9.17, 15) is 0 Å². The summed E-state index contributed by atoms with van der Waals surface area (Å²) in [5.41, 5.74) is 0. The highest BCUT2D eigenvalue weighted by atomic mass is 35.5. The number of hydrogen-bond acceptors (Lipinski definition) is 3. The van der Waals surface area contributed by atoms with Gasteiger partial charge in [-0.1, -0.05) is 31.9 Å². The number of aromatic nitrogens is 1. The first kappa shape index (κ1) is 13.8. The fraction of sp³-hybridized carbons (Fsp3) is 0.583. The van der Waals surface area contributed by atoms with Gasteiger partial charge in [0, 0.05) is 18.0 Å². The number of nitrogens with zero attached hydrogens (tertiary/aromatic N) is 1. The molecule has 0 aliphatic heterocycles. The lowest BCUT2D eigenvalue weighted by atomic mass is 10.3. The maximum Gasteiger partial charge on any atom is 0.0964 e. The Hall–Kier alpha value is -0.250. The quantitative estimate of drug-likeness (QED) is 0.598. The number of halogens is 1. The molecule has 0 amide bonds. The van der Waals surface area contributed by atoms with Gasteiger partial charge in [0.1, 0.15) is 0 Å². The van der Waals surface area contributed by atoms with Gasteiger partial charge in [-0.25, -0.2) is 4.98 Å². The molecular formula is C12H19ClN2S. The van der Waals surface area contributed by atoms with E-state index in [1.54, 1.807) is 18.0 Å². The van der Waals surface area contributed by atoms with Crippen molar-refractivity contribution in [3.8, 4) is 0 Å². The van der Waals surface area contributed by atoms with Gasteiger partial charge in [0.15, 0.2) is 0 Å². The minimum Gasteiger partial charge on any atom is -0.316 e. The molecule has 0 aliphatic carbocycles. The monoisotopic (exact) mass is 258 g/mol. The summed E-state index contributed by atoms with van der Waals surface area (Å²) in [7, 11) is 0. The Morgan fingerprint density at radius 1 is 1.50 bits per heavy atom. The number of unbranched alkanes of at least 4 members (excludes halogenated alkanes) is 1. The van der Waals surface area contributed by atoms with Crippen molar-refractivity contribution in [2.24, 2.45) is 0 Å². The van der Waals surface area contributed by atoms with Gasteiger partial charge in [-0.3, -0.25) is 0 Å². The van der Waals surface area contributed by atoms with E-state index in [2.05, 4.69) is 24.1 Å². The van der Waals surface area contributed by atoms with E-state index in [0.29, 0.717) is 10.3 Å². The van der Waals surface area contributed by atoms with Gasteiger partial charge in [0.25, 0.3) is 0 Å². The highest BCUT2D eigenvalue weighted by Gasteiger charge is 2.04. The van der Waals surface area contributed by atoms with Crippen molar-refractivity contribution < 1.29 is 0 Å². The third kappa shape index (κ3) is 5.73. The zero-order chi connectivity index (χ0) is 11.8. The average molecular weight is 259 g/mol. The molecular weight excluding hydrogens is 240 g/mol. The smallest absolute Gasteiger partial charge is 0.0964 e. The number of pyridine rings is 1. The standard InChI is InChI=1S/C12H19ClN2S/c1-3-4-7-14-8-10(2)16-12-6-5-11(13)9-15-12/h5-6,9-10,14H,3-4,7-8H2,1-2H3. The van der Waals surface area contributed by atoms with Crippen LogP contribution in [0.3, 0.4) is 0 Å². The van der Waals surface area contributed by atoms with E-state index in [4.69, 9.17) is 11.6 Å². The van der Waals surface area contributed by atoms with Gasteiger partial charge < -0.3 is 5.32 Å². The molecule has 0 spiro atoms. The Labute approximate surface area is 107 Å². The van der Waals surface area contributed by atoms with Crippen molar-refractivity contribution in [2.45, 2.75) is 37.0 Å². The van der Waals surface area contributed by atoms with Gasteiger partial charge >= 0.3 is 0 Å². The molecule has 1 N–H and O–H groups in total. The topological polar surface area (TPSA) is 24.9 Å². The van der Waals surface area contributed by atoms with Crippen LogP contribution in [-0.2, 0) is 0 Å². The predicted molar refractivity (Wildman–Crippen MR) is 72.3 cm³/mol. The first-order chi connectivity index (χ1) is 7.72. The zero-order valence-corrected chi connectivity index (χ0v) is 11.4. The largest absolute Gasteiger partial charge is 0.316 e. The summed E-state index contributed by atoms with van der Waals surface area (Å²) in [4.78, 5) is 4.27. The van der Waals surface area contributed by atoms with E-state index in [1.807, 2.05) is 12.1 Å². The lowest BCUT2D eigenvalue weighted by Crippen LogP contribution is -2.23.